The molecule has 0 bridgehead atoms. The van der Waals surface area contributed by atoms with E-state index in [0.29, 0.717) is 41.1 Å². The zero-order chi connectivity index (χ0) is 22.1. The Balaban J connectivity index is 1.23. The predicted octanol–water partition coefficient (Wildman–Crippen LogP) is 4.10. The lowest BCUT2D eigenvalue weighted by Gasteiger charge is -2.39. The fourth-order valence-corrected chi connectivity index (χ4v) is 5.42. The largest absolute Gasteiger partial charge is 0.332 e. The second-order valence-corrected chi connectivity index (χ2v) is 10.3. The molecule has 9 heteroatoms. The van der Waals surface area contributed by atoms with Crippen LogP contribution in [0.25, 0.3) is 17.3 Å². The summed E-state index contributed by atoms with van der Waals surface area (Å²) in [4.78, 5) is 26.9. The van der Waals surface area contributed by atoms with Crippen molar-refractivity contribution in [2.24, 2.45) is 11.8 Å². The van der Waals surface area contributed by atoms with Gasteiger partial charge in [0, 0.05) is 19.6 Å². The molecule has 1 saturated heterocycles. The van der Waals surface area contributed by atoms with E-state index in [2.05, 4.69) is 15.0 Å². The van der Waals surface area contributed by atoms with Gasteiger partial charge in [-0.2, -0.15) is 4.98 Å². The molecule has 3 fully saturated rings. The lowest BCUT2D eigenvalue weighted by atomic mass is 9.97. The second-order valence-electron chi connectivity index (χ2n) is 9.88. The molecular formula is C24H25ClN6O2. The third-order valence-electron chi connectivity index (χ3n) is 7.33. The van der Waals surface area contributed by atoms with Crippen LogP contribution in [0.2, 0.25) is 5.02 Å². The molecule has 4 heterocycles. The third kappa shape index (κ3) is 3.38. The van der Waals surface area contributed by atoms with Gasteiger partial charge in [-0.15, -0.1) is 0 Å². The van der Waals surface area contributed by atoms with Gasteiger partial charge in [-0.1, -0.05) is 22.8 Å². The number of hydrogen-bond donors (Lipinski definition) is 0. The molecule has 33 heavy (non-hydrogen) atoms. The van der Waals surface area contributed by atoms with Crippen molar-refractivity contribution in [3.63, 3.8) is 0 Å². The first kappa shape index (κ1) is 19.7. The summed E-state index contributed by atoms with van der Waals surface area (Å²) in [5.74, 6) is 2.73. The monoisotopic (exact) mass is 464 g/mol. The van der Waals surface area contributed by atoms with Crippen molar-refractivity contribution < 1.29 is 9.32 Å². The average Bonchev–Trinajstić information content (AvgIpc) is 3.67. The number of halogens is 1. The van der Waals surface area contributed by atoms with Crippen LogP contribution >= 0.6 is 11.6 Å². The first-order chi connectivity index (χ1) is 16.2. The first-order valence-corrected chi connectivity index (χ1v) is 12.3. The zero-order valence-corrected chi connectivity index (χ0v) is 19.0. The number of imidazole rings is 1. The van der Waals surface area contributed by atoms with Crippen LogP contribution in [0.4, 0.5) is 0 Å². The topological polar surface area (TPSA) is 80.3 Å². The van der Waals surface area contributed by atoms with Crippen LogP contribution in [-0.2, 0) is 6.54 Å². The van der Waals surface area contributed by atoms with E-state index in [0.717, 1.165) is 42.7 Å². The Hall–Kier alpha value is -2.71. The van der Waals surface area contributed by atoms with Crippen molar-refractivity contribution in [1.82, 2.24) is 29.5 Å². The smallest absolute Gasteiger partial charge is 0.278 e. The average molecular weight is 465 g/mol. The molecule has 170 valence electrons. The van der Waals surface area contributed by atoms with Gasteiger partial charge in [-0.05, 0) is 56.1 Å². The summed E-state index contributed by atoms with van der Waals surface area (Å²) < 4.78 is 7.68. The van der Waals surface area contributed by atoms with Crippen LogP contribution in [0, 0.1) is 11.8 Å². The molecule has 2 saturated carbocycles. The Bertz CT molecular complexity index is 1230. The van der Waals surface area contributed by atoms with E-state index in [4.69, 9.17) is 21.1 Å². The predicted molar refractivity (Wildman–Crippen MR) is 121 cm³/mol. The minimum absolute atomic E-state index is 0.0384. The molecule has 2 aromatic heterocycles. The molecule has 4 aliphatic rings. The van der Waals surface area contributed by atoms with E-state index in [9.17, 15) is 4.79 Å². The molecule has 3 aromatic rings. The molecular weight excluding hydrogens is 440 g/mol. The Morgan fingerprint density at radius 1 is 1.12 bits per heavy atom. The normalized spacial score (nSPS) is 21.5. The molecule has 1 aromatic carbocycles. The van der Waals surface area contributed by atoms with Gasteiger partial charge < -0.3 is 9.42 Å². The van der Waals surface area contributed by atoms with Crippen LogP contribution in [0.1, 0.15) is 60.0 Å². The summed E-state index contributed by atoms with van der Waals surface area (Å²) in [5, 5.41) is 4.75. The summed E-state index contributed by atoms with van der Waals surface area (Å²) in [6, 6.07) is 5.46. The molecule has 1 atom stereocenters. The highest BCUT2D eigenvalue weighted by molar-refractivity contribution is 6.34. The number of nitrogens with zero attached hydrogens (tertiary/aromatic N) is 6. The van der Waals surface area contributed by atoms with Gasteiger partial charge in [0.05, 0.1) is 34.6 Å². The number of carbonyl (C=O) groups is 1. The molecule has 7 rings (SSSR count). The van der Waals surface area contributed by atoms with E-state index in [1.165, 1.54) is 25.7 Å². The van der Waals surface area contributed by atoms with Gasteiger partial charge >= 0.3 is 0 Å². The minimum atomic E-state index is -0.0740. The number of rotatable bonds is 7. The highest BCUT2D eigenvalue weighted by Crippen LogP contribution is 2.44. The summed E-state index contributed by atoms with van der Waals surface area (Å²) in [7, 11) is 0. The number of hydrogen-bond acceptors (Lipinski definition) is 6. The minimum Gasteiger partial charge on any atom is -0.332 e. The highest BCUT2D eigenvalue weighted by atomic mass is 35.5. The van der Waals surface area contributed by atoms with Crippen molar-refractivity contribution in [3.05, 3.63) is 46.6 Å². The van der Waals surface area contributed by atoms with Gasteiger partial charge in [0.25, 0.3) is 11.8 Å². The van der Waals surface area contributed by atoms with E-state index < -0.39 is 0 Å². The number of fused-ring (bicyclic) bond motifs is 5. The SMILES string of the molecule is O=C1c2c(Cl)cccc2-n2cnc(-c3nc(CN(CC4CC4)CC4CC4)no3)c2[C@@H]2CCN12. The van der Waals surface area contributed by atoms with Crippen molar-refractivity contribution in [3.8, 4) is 17.3 Å². The quantitative estimate of drug-likeness (QED) is 0.523. The number of carbonyl (C=O) groups excluding carboxylic acids is 1. The maximum absolute atomic E-state index is 13.2. The molecule has 0 unspecified atom stereocenters. The molecule has 0 N–H and O–H groups in total. The first-order valence-electron chi connectivity index (χ1n) is 11.9. The van der Waals surface area contributed by atoms with Crippen LogP contribution < -0.4 is 0 Å². The number of benzene rings is 1. The molecule has 2 aliphatic heterocycles. The van der Waals surface area contributed by atoms with Gasteiger partial charge in [0.1, 0.15) is 6.33 Å². The Morgan fingerprint density at radius 2 is 1.91 bits per heavy atom. The van der Waals surface area contributed by atoms with Crippen LogP contribution in [0.5, 0.6) is 0 Å². The number of aromatic nitrogens is 4. The maximum atomic E-state index is 13.2. The molecule has 0 spiro atoms. The van der Waals surface area contributed by atoms with Gasteiger partial charge in [-0.25, -0.2) is 4.98 Å². The zero-order valence-electron chi connectivity index (χ0n) is 18.3. The molecule has 1 amide bonds. The van der Waals surface area contributed by atoms with Crippen molar-refractivity contribution in [1.29, 1.82) is 0 Å². The molecule has 0 radical (unpaired) electrons. The van der Waals surface area contributed by atoms with Gasteiger partial charge in [-0.3, -0.25) is 14.3 Å². The summed E-state index contributed by atoms with van der Waals surface area (Å²) >= 11 is 6.44. The standard InChI is InChI=1S/C24H25ClN6O2/c25-16-2-1-3-17-20(16)24(32)30-9-8-18(30)22-21(26-13-31(17)22)23-27-19(28-33-23)12-29(10-14-4-5-14)11-15-6-7-15/h1-3,13-15,18H,4-12H2/t18-/m0/s1. The molecule has 8 nitrogen and oxygen atoms in total. The summed E-state index contributed by atoms with van der Waals surface area (Å²) in [6.07, 6.45) is 7.95. The Morgan fingerprint density at radius 3 is 2.61 bits per heavy atom. The van der Waals surface area contributed by atoms with Crippen molar-refractivity contribution >= 4 is 17.5 Å². The van der Waals surface area contributed by atoms with E-state index in [-0.39, 0.29) is 11.9 Å². The summed E-state index contributed by atoms with van der Waals surface area (Å²) in [5.41, 5.74) is 2.84. The fourth-order valence-electron chi connectivity index (χ4n) is 5.17. The molecule has 2 aliphatic carbocycles. The van der Waals surface area contributed by atoms with Gasteiger partial charge in [0.15, 0.2) is 11.5 Å². The van der Waals surface area contributed by atoms with E-state index in [1.807, 2.05) is 21.6 Å². The Labute approximate surface area is 196 Å². The lowest BCUT2D eigenvalue weighted by molar-refractivity contribution is 0.0461. The second kappa shape index (κ2) is 7.40. The van der Waals surface area contributed by atoms with Crippen molar-refractivity contribution in [2.45, 2.75) is 44.7 Å². The lowest BCUT2D eigenvalue weighted by Crippen LogP contribution is -2.44. The summed E-state index contributed by atoms with van der Waals surface area (Å²) in [6.45, 7) is 3.65. The van der Waals surface area contributed by atoms with Crippen molar-refractivity contribution in [2.75, 3.05) is 19.6 Å². The third-order valence-corrected chi connectivity index (χ3v) is 7.64. The highest BCUT2D eigenvalue weighted by Gasteiger charge is 2.43. The van der Waals surface area contributed by atoms with E-state index in [1.54, 1.807) is 12.4 Å². The van der Waals surface area contributed by atoms with Crippen LogP contribution in [0.15, 0.2) is 29.0 Å². The number of amides is 1. The van der Waals surface area contributed by atoms with E-state index >= 15 is 0 Å². The van der Waals surface area contributed by atoms with Gasteiger partial charge in [0.2, 0.25) is 0 Å². The van der Waals surface area contributed by atoms with Crippen LogP contribution in [0.3, 0.4) is 0 Å². The fraction of sp³-hybridized carbons (Fsp3) is 0.500. The maximum Gasteiger partial charge on any atom is 0.278 e. The Kier molecular flexibility index (Phi) is 4.42. The van der Waals surface area contributed by atoms with Crippen LogP contribution in [-0.4, -0.2) is 55.0 Å².